The van der Waals surface area contributed by atoms with Crippen molar-refractivity contribution in [1.82, 2.24) is 10.3 Å². The largest absolute Gasteiger partial charge is 0.361 e. The highest BCUT2D eigenvalue weighted by Crippen LogP contribution is 2.17. The summed E-state index contributed by atoms with van der Waals surface area (Å²) in [7, 11) is 0. The predicted molar refractivity (Wildman–Crippen MR) is 87.9 cm³/mol. The van der Waals surface area contributed by atoms with Crippen molar-refractivity contribution in [2.75, 3.05) is 6.54 Å². The number of rotatable bonds is 9. The first-order valence-electron chi connectivity index (χ1n) is 8.03. The van der Waals surface area contributed by atoms with Gasteiger partial charge in [0.25, 0.3) is 0 Å². The van der Waals surface area contributed by atoms with Gasteiger partial charge in [0, 0.05) is 23.6 Å². The van der Waals surface area contributed by atoms with Gasteiger partial charge in [-0.25, -0.2) is 0 Å². The van der Waals surface area contributed by atoms with Gasteiger partial charge >= 0.3 is 0 Å². The zero-order valence-electron chi connectivity index (χ0n) is 12.9. The van der Waals surface area contributed by atoms with Crippen molar-refractivity contribution in [3.05, 3.63) is 36.0 Å². The molecule has 0 radical (unpaired) electrons. The van der Waals surface area contributed by atoms with E-state index in [0.29, 0.717) is 0 Å². The van der Waals surface area contributed by atoms with Crippen molar-refractivity contribution < 1.29 is 0 Å². The van der Waals surface area contributed by atoms with Gasteiger partial charge in [-0.2, -0.15) is 0 Å². The van der Waals surface area contributed by atoms with Crippen molar-refractivity contribution in [2.24, 2.45) is 5.92 Å². The zero-order chi connectivity index (χ0) is 14.2. The highest BCUT2D eigenvalue weighted by Gasteiger charge is 2.01. The van der Waals surface area contributed by atoms with Crippen LogP contribution in [0.3, 0.4) is 0 Å². The maximum Gasteiger partial charge on any atom is 0.0457 e. The molecule has 2 aromatic rings. The van der Waals surface area contributed by atoms with E-state index in [0.717, 1.165) is 19.0 Å². The van der Waals surface area contributed by atoms with E-state index in [1.165, 1.54) is 48.6 Å². The average molecular weight is 272 g/mol. The van der Waals surface area contributed by atoms with Crippen molar-refractivity contribution in [3.63, 3.8) is 0 Å². The fourth-order valence-electron chi connectivity index (χ4n) is 2.66. The molecule has 0 saturated carbocycles. The van der Waals surface area contributed by atoms with E-state index in [1.54, 1.807) is 0 Å². The van der Waals surface area contributed by atoms with Crippen LogP contribution in [0.15, 0.2) is 30.5 Å². The number of nitrogens with one attached hydrogen (secondary N) is 2. The third kappa shape index (κ3) is 4.68. The van der Waals surface area contributed by atoms with Gasteiger partial charge in [0.05, 0.1) is 0 Å². The molecule has 0 aliphatic carbocycles. The Morgan fingerprint density at radius 2 is 1.85 bits per heavy atom. The quantitative estimate of drug-likeness (QED) is 0.627. The van der Waals surface area contributed by atoms with Crippen LogP contribution >= 0.6 is 0 Å². The van der Waals surface area contributed by atoms with Gasteiger partial charge in [-0.1, -0.05) is 57.7 Å². The summed E-state index contributed by atoms with van der Waals surface area (Å²) in [6.45, 7) is 6.71. The Hall–Kier alpha value is -1.28. The lowest BCUT2D eigenvalue weighted by Crippen LogP contribution is -2.14. The number of aromatic nitrogens is 1. The number of fused-ring (bicyclic) bond motifs is 1. The number of hydrogen-bond acceptors (Lipinski definition) is 1. The molecule has 1 aromatic carbocycles. The van der Waals surface area contributed by atoms with E-state index < -0.39 is 0 Å². The molecule has 0 unspecified atom stereocenters. The maximum atomic E-state index is 3.56. The van der Waals surface area contributed by atoms with Crippen LogP contribution in [-0.2, 0) is 6.54 Å². The van der Waals surface area contributed by atoms with Crippen molar-refractivity contribution >= 4 is 10.9 Å². The summed E-state index contributed by atoms with van der Waals surface area (Å²) in [4.78, 5) is 3.33. The minimum atomic E-state index is 0.856. The second kappa shape index (κ2) is 8.11. The monoisotopic (exact) mass is 272 g/mol. The molecular formula is C18H28N2. The van der Waals surface area contributed by atoms with E-state index in [9.17, 15) is 0 Å². The van der Waals surface area contributed by atoms with Crippen LogP contribution in [0.2, 0.25) is 0 Å². The Labute approximate surface area is 123 Å². The van der Waals surface area contributed by atoms with Crippen molar-refractivity contribution in [1.29, 1.82) is 0 Å². The summed E-state index contributed by atoms with van der Waals surface area (Å²) < 4.78 is 0. The lowest BCUT2D eigenvalue weighted by Gasteiger charge is -2.05. The van der Waals surface area contributed by atoms with Gasteiger partial charge < -0.3 is 10.3 Å². The van der Waals surface area contributed by atoms with Crippen molar-refractivity contribution in [3.8, 4) is 0 Å². The molecule has 0 aliphatic heterocycles. The van der Waals surface area contributed by atoms with Crippen LogP contribution in [0.4, 0.5) is 0 Å². The van der Waals surface area contributed by atoms with Crippen LogP contribution in [0.5, 0.6) is 0 Å². The molecule has 1 aromatic heterocycles. The summed E-state index contributed by atoms with van der Waals surface area (Å²) >= 11 is 0. The molecular weight excluding hydrogens is 244 g/mol. The Balaban J connectivity index is 1.59. The second-order valence-electron chi connectivity index (χ2n) is 6.13. The smallest absolute Gasteiger partial charge is 0.0457 e. The molecule has 110 valence electrons. The highest BCUT2D eigenvalue weighted by molar-refractivity contribution is 5.82. The van der Waals surface area contributed by atoms with Crippen LogP contribution in [0.25, 0.3) is 10.9 Å². The zero-order valence-corrected chi connectivity index (χ0v) is 12.9. The van der Waals surface area contributed by atoms with E-state index in [-0.39, 0.29) is 0 Å². The first-order chi connectivity index (χ1) is 9.77. The van der Waals surface area contributed by atoms with E-state index in [4.69, 9.17) is 0 Å². The predicted octanol–water partition coefficient (Wildman–Crippen LogP) is 4.86. The standard InChI is InChI=1S/C18H28N2/c1-15(2)9-5-3-4-8-12-19-13-16-14-20-18-11-7-6-10-17(16)18/h6-7,10-11,14-15,19-20H,3-5,8-9,12-13H2,1-2H3. The third-order valence-electron chi connectivity index (χ3n) is 3.88. The SMILES string of the molecule is CC(C)CCCCCCNCc1c[nH]c2ccccc12. The maximum absolute atomic E-state index is 3.56. The minimum absolute atomic E-state index is 0.856. The van der Waals surface area contributed by atoms with Gasteiger partial charge in [0.15, 0.2) is 0 Å². The average Bonchev–Trinajstić information content (AvgIpc) is 2.85. The lowest BCUT2D eigenvalue weighted by molar-refractivity contribution is 0.512. The van der Waals surface area contributed by atoms with E-state index in [2.05, 4.69) is 54.6 Å². The molecule has 1 heterocycles. The number of aromatic amines is 1. The Kier molecular flexibility index (Phi) is 6.13. The van der Waals surface area contributed by atoms with Gasteiger partial charge in [-0.3, -0.25) is 0 Å². The molecule has 20 heavy (non-hydrogen) atoms. The molecule has 2 N–H and O–H groups in total. The minimum Gasteiger partial charge on any atom is -0.361 e. The molecule has 0 saturated heterocycles. The molecule has 0 amide bonds. The summed E-state index contributed by atoms with van der Waals surface area (Å²) in [5.74, 6) is 0.856. The number of benzene rings is 1. The van der Waals surface area contributed by atoms with Crippen LogP contribution in [0, 0.1) is 5.92 Å². The van der Waals surface area contributed by atoms with Crippen LogP contribution in [0.1, 0.15) is 51.5 Å². The molecule has 0 spiro atoms. The first-order valence-corrected chi connectivity index (χ1v) is 8.03. The number of hydrogen-bond donors (Lipinski definition) is 2. The molecule has 0 aliphatic rings. The number of H-pyrrole nitrogens is 1. The van der Waals surface area contributed by atoms with Crippen LogP contribution < -0.4 is 5.32 Å². The summed E-state index contributed by atoms with van der Waals surface area (Å²) in [5.41, 5.74) is 2.61. The van der Waals surface area contributed by atoms with Crippen molar-refractivity contribution in [2.45, 2.75) is 52.5 Å². The Morgan fingerprint density at radius 3 is 2.70 bits per heavy atom. The van der Waals surface area contributed by atoms with Gasteiger partial charge in [-0.05, 0) is 30.5 Å². The normalized spacial score (nSPS) is 11.6. The second-order valence-corrected chi connectivity index (χ2v) is 6.13. The summed E-state index contributed by atoms with van der Waals surface area (Å²) in [6.07, 6.45) is 8.92. The summed E-state index contributed by atoms with van der Waals surface area (Å²) in [5, 5.41) is 4.90. The topological polar surface area (TPSA) is 27.8 Å². The third-order valence-corrected chi connectivity index (χ3v) is 3.88. The molecule has 0 atom stereocenters. The fourth-order valence-corrected chi connectivity index (χ4v) is 2.66. The molecule has 2 rings (SSSR count). The summed E-state index contributed by atoms with van der Waals surface area (Å²) in [6, 6.07) is 8.50. The van der Waals surface area contributed by atoms with Gasteiger partial charge in [0.2, 0.25) is 0 Å². The number of para-hydroxylation sites is 1. The lowest BCUT2D eigenvalue weighted by atomic mass is 10.0. The molecule has 0 bridgehead atoms. The Morgan fingerprint density at radius 1 is 1.05 bits per heavy atom. The fraction of sp³-hybridized carbons (Fsp3) is 0.556. The van der Waals surface area contributed by atoms with Gasteiger partial charge in [0.1, 0.15) is 0 Å². The van der Waals surface area contributed by atoms with Crippen LogP contribution in [-0.4, -0.2) is 11.5 Å². The Bertz CT molecular complexity index is 499. The first kappa shape index (κ1) is 15.1. The van der Waals surface area contributed by atoms with Gasteiger partial charge in [-0.15, -0.1) is 0 Å². The van der Waals surface area contributed by atoms with E-state index >= 15 is 0 Å². The molecule has 0 fully saturated rings. The highest BCUT2D eigenvalue weighted by atomic mass is 14.9. The van der Waals surface area contributed by atoms with E-state index in [1.807, 2.05) is 0 Å². The molecule has 2 nitrogen and oxygen atoms in total. The number of unbranched alkanes of at least 4 members (excludes halogenated alkanes) is 3. The molecule has 2 heteroatoms.